The molecule has 0 unspecified atom stereocenters. The molecule has 1 N–H and O–H groups in total. The third-order valence-corrected chi connectivity index (χ3v) is 5.57. The van der Waals surface area contributed by atoms with E-state index in [0.717, 1.165) is 31.3 Å². The molecule has 10 heteroatoms. The van der Waals surface area contributed by atoms with Gasteiger partial charge in [0.2, 0.25) is 24.2 Å². The van der Waals surface area contributed by atoms with E-state index in [1.165, 1.54) is 12.4 Å². The number of hydrogen-bond acceptors (Lipinski definition) is 7. The molecule has 0 saturated heterocycles. The maximum absolute atomic E-state index is 12.0. The Bertz CT molecular complexity index is 1190. The fourth-order valence-electron chi connectivity index (χ4n) is 2.66. The number of rotatable bonds is 3. The fraction of sp³-hybridized carbons (Fsp3) is 0.607. The van der Waals surface area contributed by atoms with Gasteiger partial charge in [0, 0.05) is 62.3 Å². The number of aryl methyl sites for hydroxylation is 5. The second-order valence-electron chi connectivity index (χ2n) is 12.4. The molecule has 0 bridgehead atoms. The van der Waals surface area contributed by atoms with E-state index < -0.39 is 16.6 Å². The molecule has 2 aromatic heterocycles. The zero-order valence-corrected chi connectivity index (χ0v) is 25.6. The van der Waals surface area contributed by atoms with Gasteiger partial charge in [0.1, 0.15) is 11.4 Å². The molecular formula is C28H46N7O3+. The normalized spacial score (nSPS) is 13.8. The lowest BCUT2D eigenvalue weighted by Crippen LogP contribution is -2.32. The summed E-state index contributed by atoms with van der Waals surface area (Å²) in [6.45, 7) is 26.0. The summed E-state index contributed by atoms with van der Waals surface area (Å²) in [5.74, 6) is 0. The zero-order valence-electron chi connectivity index (χ0n) is 25.6. The lowest BCUT2D eigenvalue weighted by molar-refractivity contribution is -0.816. The lowest BCUT2D eigenvalue weighted by Gasteiger charge is -2.18. The lowest BCUT2D eigenvalue weighted by atomic mass is 10.1. The van der Waals surface area contributed by atoms with E-state index in [2.05, 4.69) is 19.9 Å². The first kappa shape index (κ1) is 32.6. The summed E-state index contributed by atoms with van der Waals surface area (Å²) in [4.78, 5) is 17.6. The first-order chi connectivity index (χ1) is 17.0. The van der Waals surface area contributed by atoms with Crippen molar-refractivity contribution in [2.75, 3.05) is 0 Å². The van der Waals surface area contributed by atoms with E-state index >= 15 is 0 Å². The van der Waals surface area contributed by atoms with Crippen LogP contribution in [0.25, 0.3) is 0 Å². The van der Waals surface area contributed by atoms with Crippen molar-refractivity contribution < 1.29 is 19.4 Å². The van der Waals surface area contributed by atoms with Gasteiger partial charge in [-0.2, -0.15) is 0 Å². The van der Waals surface area contributed by atoms with Gasteiger partial charge in [-0.3, -0.25) is 10.2 Å². The summed E-state index contributed by atoms with van der Waals surface area (Å²) in [5, 5.41) is 33.8. The van der Waals surface area contributed by atoms with Crippen LogP contribution in [0.3, 0.4) is 0 Å². The van der Waals surface area contributed by atoms with Gasteiger partial charge in [0.15, 0.2) is 16.8 Å². The summed E-state index contributed by atoms with van der Waals surface area (Å²) in [6, 6.07) is 0. The molecule has 0 amide bonds. The molecule has 2 aromatic rings. The molecule has 0 spiro atoms. The second kappa shape index (κ2) is 12.0. The smallest absolute Gasteiger partial charge is 0.243 e. The van der Waals surface area contributed by atoms with Crippen molar-refractivity contribution >= 4 is 18.6 Å². The Morgan fingerprint density at radius 3 is 1.13 bits per heavy atom. The summed E-state index contributed by atoms with van der Waals surface area (Å²) < 4.78 is 2.90. The predicted octanol–water partition coefficient (Wildman–Crippen LogP) is 4.57. The Balaban J connectivity index is 0.000000399. The van der Waals surface area contributed by atoms with Crippen LogP contribution in [-0.4, -0.2) is 74.6 Å². The molecule has 210 valence electrons. The van der Waals surface area contributed by atoms with Gasteiger partial charge in [-0.25, -0.2) is 24.4 Å². The van der Waals surface area contributed by atoms with Crippen LogP contribution in [0.4, 0.5) is 0 Å². The molecule has 0 aliphatic heterocycles. The summed E-state index contributed by atoms with van der Waals surface area (Å²) in [6.07, 6.45) is 4.52. The molecule has 10 nitrogen and oxygen atoms in total. The van der Waals surface area contributed by atoms with Crippen molar-refractivity contribution in [3.8, 4) is 0 Å². The molecule has 0 aliphatic rings. The van der Waals surface area contributed by atoms with Crippen LogP contribution < -0.4 is 0 Å². The van der Waals surface area contributed by atoms with Crippen LogP contribution in [0.5, 0.6) is 0 Å². The second-order valence-corrected chi connectivity index (χ2v) is 12.4. The van der Waals surface area contributed by atoms with Crippen LogP contribution >= 0.6 is 0 Å². The molecule has 38 heavy (non-hydrogen) atoms. The van der Waals surface area contributed by atoms with Gasteiger partial charge in [-0.05, 0) is 39.4 Å². The largest absolute Gasteiger partial charge is 0.623 e. The Kier molecular flexibility index (Phi) is 10.3. The number of nitrogens with zero attached hydrogens (tertiary/aromatic N) is 7. The maximum Gasteiger partial charge on any atom is 0.243 e. The van der Waals surface area contributed by atoms with E-state index in [9.17, 15) is 15.6 Å². The highest BCUT2D eigenvalue weighted by atomic mass is 16.5. The fourth-order valence-corrected chi connectivity index (χ4v) is 2.66. The van der Waals surface area contributed by atoms with Gasteiger partial charge in [-0.15, -0.1) is 0 Å². The van der Waals surface area contributed by atoms with E-state index in [0.29, 0.717) is 28.5 Å². The average molecular weight is 529 g/mol. The highest BCUT2D eigenvalue weighted by molar-refractivity contribution is 5.78. The maximum atomic E-state index is 12.0. The van der Waals surface area contributed by atoms with Crippen molar-refractivity contribution in [1.29, 1.82) is 0 Å². The Morgan fingerprint density at radius 2 is 0.789 bits per heavy atom. The van der Waals surface area contributed by atoms with E-state index in [4.69, 9.17) is 0 Å². The van der Waals surface area contributed by atoms with Gasteiger partial charge in [0.05, 0.1) is 28.5 Å². The van der Waals surface area contributed by atoms with E-state index in [-0.39, 0.29) is 0 Å². The van der Waals surface area contributed by atoms with Crippen LogP contribution in [0.15, 0.2) is 0 Å². The van der Waals surface area contributed by atoms with Crippen LogP contribution in [0.2, 0.25) is 0 Å². The quantitative estimate of drug-likeness (QED) is 0.203. The topological polar surface area (TPSA) is 127 Å². The van der Waals surface area contributed by atoms with Crippen molar-refractivity contribution in [3.05, 3.63) is 56.0 Å². The first-order valence-electron chi connectivity index (χ1n) is 12.7. The van der Waals surface area contributed by atoms with Crippen molar-refractivity contribution in [1.82, 2.24) is 19.9 Å². The van der Waals surface area contributed by atoms with Crippen molar-refractivity contribution in [2.24, 2.45) is 0 Å². The summed E-state index contributed by atoms with van der Waals surface area (Å²) in [7, 11) is 0. The minimum atomic E-state index is -0.527. The first-order valence-corrected chi connectivity index (χ1v) is 12.7. The molecule has 0 saturated carbocycles. The molecule has 0 aliphatic carbocycles. The summed E-state index contributed by atoms with van der Waals surface area (Å²) >= 11 is 0. The van der Waals surface area contributed by atoms with Crippen molar-refractivity contribution in [2.45, 2.75) is 114 Å². The minimum Gasteiger partial charge on any atom is -0.623 e. The van der Waals surface area contributed by atoms with Gasteiger partial charge >= 0.3 is 0 Å². The molecule has 0 aromatic carbocycles. The van der Waals surface area contributed by atoms with Crippen LogP contribution in [0.1, 0.15) is 108 Å². The SMILES string of the molecule is Cc1nc(/C=[N+](\O)C(C)(C)C)c(C)nc1/C=[N+](\[O-])C(C)(C)C.Cc1nc(C)c(/C=[N+](\[O-])C(C)(C)C)nc1C. The molecule has 2 heterocycles. The van der Waals surface area contributed by atoms with Gasteiger partial charge in [0.25, 0.3) is 0 Å². The Morgan fingerprint density at radius 1 is 0.500 bits per heavy atom. The van der Waals surface area contributed by atoms with Crippen LogP contribution in [-0.2, 0) is 0 Å². The number of hydrogen-bond donors (Lipinski definition) is 1. The minimum absolute atomic E-state index is 0.426. The Hall–Kier alpha value is -3.43. The summed E-state index contributed by atoms with van der Waals surface area (Å²) in [5.41, 5.74) is 4.22. The van der Waals surface area contributed by atoms with Crippen LogP contribution in [0, 0.1) is 45.0 Å². The standard InChI is InChI=1S/C16H27N4O2.C12H19N3O/c1-11-13(9-19(21)15(3,4)5)18-12(2)14(17-11)10-20(22)16(6,7)8;1-8-9(2)14-11(10(3)13-8)7-15(16)12(4,5)6/h9-10,21H,1-8H3;7H,1-6H3/q+1;/b20-10-;15-7-. The van der Waals surface area contributed by atoms with Gasteiger partial charge < -0.3 is 10.4 Å². The highest BCUT2D eigenvalue weighted by Crippen LogP contribution is 2.11. The third kappa shape index (κ3) is 9.46. The third-order valence-electron chi connectivity index (χ3n) is 5.57. The van der Waals surface area contributed by atoms with E-state index in [1.54, 1.807) is 20.1 Å². The zero-order chi connectivity index (χ0) is 29.8. The number of hydroxylamine groups is 3. The predicted molar refractivity (Wildman–Crippen MR) is 152 cm³/mol. The molecule has 0 radical (unpaired) electrons. The van der Waals surface area contributed by atoms with Crippen molar-refractivity contribution in [3.63, 3.8) is 0 Å². The average Bonchev–Trinajstić information content (AvgIpc) is 2.73. The molecule has 0 fully saturated rings. The molecule has 2 rings (SSSR count). The highest BCUT2D eigenvalue weighted by Gasteiger charge is 2.26. The van der Waals surface area contributed by atoms with E-state index in [1.807, 2.05) is 83.1 Å². The molecular weight excluding hydrogens is 482 g/mol. The monoisotopic (exact) mass is 528 g/mol. The molecule has 0 atom stereocenters. The van der Waals surface area contributed by atoms with Gasteiger partial charge in [-0.1, -0.05) is 0 Å². The number of aromatic nitrogens is 4. The Labute approximate surface area is 227 Å².